The minimum Gasteiger partial charge on any atom is -0.398 e. The lowest BCUT2D eigenvalue weighted by Crippen LogP contribution is -2.00. The highest BCUT2D eigenvalue weighted by molar-refractivity contribution is 9.10. The zero-order valence-corrected chi connectivity index (χ0v) is 7.55. The molecule has 1 aromatic rings. The Bertz CT molecular complexity index is 298. The number of carbonyl (C=O) groups excluding carboxylic acids is 1. The third-order valence-electron chi connectivity index (χ3n) is 1.25. The summed E-state index contributed by atoms with van der Waals surface area (Å²) in [6.07, 6.45) is 1.51. The summed E-state index contributed by atoms with van der Waals surface area (Å²) in [4.78, 5) is 14.7. The van der Waals surface area contributed by atoms with Crippen LogP contribution in [0.3, 0.4) is 0 Å². The highest BCUT2D eigenvalue weighted by Crippen LogP contribution is 2.21. The number of aromatic nitrogens is 1. The Kier molecular flexibility index (Phi) is 2.24. The summed E-state index contributed by atoms with van der Waals surface area (Å²) in [7, 11) is 0. The van der Waals surface area contributed by atoms with E-state index in [9.17, 15) is 4.79 Å². The maximum absolute atomic E-state index is 10.9. The van der Waals surface area contributed by atoms with Gasteiger partial charge >= 0.3 is 0 Å². The molecule has 1 rings (SSSR count). The van der Waals surface area contributed by atoms with Crippen LogP contribution in [-0.4, -0.2) is 10.8 Å². The molecule has 1 aromatic heterocycles. The lowest BCUT2D eigenvalue weighted by atomic mass is 10.2. The van der Waals surface area contributed by atoms with Crippen molar-refractivity contribution in [1.82, 2.24) is 4.98 Å². The molecule has 58 valence electrons. The molecule has 11 heavy (non-hydrogen) atoms. The summed E-state index contributed by atoms with van der Waals surface area (Å²) in [5, 5.41) is 0. The molecule has 2 N–H and O–H groups in total. The van der Waals surface area contributed by atoms with E-state index in [1.807, 2.05) is 0 Å². The second kappa shape index (κ2) is 3.00. The predicted octanol–water partition coefficient (Wildman–Crippen LogP) is 1.63. The molecule has 0 aromatic carbocycles. The Hall–Kier alpha value is -0.900. The van der Waals surface area contributed by atoms with Crippen molar-refractivity contribution in [3.63, 3.8) is 0 Å². The molecule has 0 aliphatic heterocycles. The Morgan fingerprint density at radius 1 is 1.73 bits per heavy atom. The first-order valence-corrected chi connectivity index (χ1v) is 3.83. The van der Waals surface area contributed by atoms with Gasteiger partial charge in [-0.2, -0.15) is 0 Å². The fourth-order valence-corrected chi connectivity index (χ4v) is 1.22. The van der Waals surface area contributed by atoms with Gasteiger partial charge in [-0.25, -0.2) is 0 Å². The van der Waals surface area contributed by atoms with E-state index in [-0.39, 0.29) is 5.78 Å². The molecule has 0 spiro atoms. The number of nitrogen functional groups attached to an aromatic ring is 1. The highest BCUT2D eigenvalue weighted by atomic mass is 79.9. The maximum Gasteiger partial charge on any atom is 0.179 e. The average molecular weight is 215 g/mol. The van der Waals surface area contributed by atoms with Crippen molar-refractivity contribution in [1.29, 1.82) is 0 Å². The quantitative estimate of drug-likeness (QED) is 0.724. The van der Waals surface area contributed by atoms with E-state index in [1.165, 1.54) is 13.1 Å². The monoisotopic (exact) mass is 214 g/mol. The second-order valence-electron chi connectivity index (χ2n) is 2.12. The molecule has 0 bridgehead atoms. The van der Waals surface area contributed by atoms with Gasteiger partial charge in [-0.15, -0.1) is 0 Å². The zero-order chi connectivity index (χ0) is 8.43. The summed E-state index contributed by atoms with van der Waals surface area (Å²) in [5.41, 5.74) is 6.43. The normalized spacial score (nSPS) is 9.64. The van der Waals surface area contributed by atoms with Gasteiger partial charge in [0.15, 0.2) is 5.78 Å². The van der Waals surface area contributed by atoms with Crippen LogP contribution in [0.15, 0.2) is 16.7 Å². The minimum absolute atomic E-state index is 0.0934. The summed E-state index contributed by atoms with van der Waals surface area (Å²) in [6.45, 7) is 1.45. The van der Waals surface area contributed by atoms with Crippen molar-refractivity contribution in [3.05, 3.63) is 22.4 Å². The highest BCUT2D eigenvalue weighted by Gasteiger charge is 2.07. The number of hydrogen-bond acceptors (Lipinski definition) is 3. The minimum atomic E-state index is -0.0934. The van der Waals surface area contributed by atoms with Crippen LogP contribution in [0.5, 0.6) is 0 Å². The topological polar surface area (TPSA) is 56.0 Å². The van der Waals surface area contributed by atoms with E-state index in [1.54, 1.807) is 6.07 Å². The van der Waals surface area contributed by atoms with Crippen molar-refractivity contribution >= 4 is 27.4 Å². The number of Topliss-reactive ketones (excluding diaryl/α,β-unsaturated/α-hetero) is 1. The number of anilines is 1. The van der Waals surface area contributed by atoms with Crippen LogP contribution in [0.4, 0.5) is 5.69 Å². The molecule has 3 nitrogen and oxygen atoms in total. The first kappa shape index (κ1) is 8.20. The van der Waals surface area contributed by atoms with Gasteiger partial charge in [-0.3, -0.25) is 9.78 Å². The van der Waals surface area contributed by atoms with E-state index in [2.05, 4.69) is 20.9 Å². The molecular weight excluding hydrogens is 208 g/mol. The van der Waals surface area contributed by atoms with Crippen LogP contribution in [-0.2, 0) is 0 Å². The number of nitrogens with two attached hydrogens (primary N) is 1. The molecule has 0 radical (unpaired) electrons. The van der Waals surface area contributed by atoms with Gasteiger partial charge in [0.1, 0.15) is 5.69 Å². The molecule has 0 saturated carbocycles. The van der Waals surface area contributed by atoms with Crippen LogP contribution in [0, 0.1) is 0 Å². The van der Waals surface area contributed by atoms with Crippen LogP contribution in [0.25, 0.3) is 0 Å². The zero-order valence-electron chi connectivity index (χ0n) is 5.97. The lowest BCUT2D eigenvalue weighted by molar-refractivity contribution is 0.101. The molecule has 0 unspecified atom stereocenters. The van der Waals surface area contributed by atoms with E-state index < -0.39 is 0 Å². The van der Waals surface area contributed by atoms with E-state index in [0.29, 0.717) is 15.9 Å². The summed E-state index contributed by atoms with van der Waals surface area (Å²) in [6, 6.07) is 1.64. The summed E-state index contributed by atoms with van der Waals surface area (Å²) >= 11 is 3.17. The molecule has 0 aliphatic rings. The number of hydrogen-bond donors (Lipinski definition) is 1. The molecule has 0 fully saturated rings. The first-order chi connectivity index (χ1) is 5.13. The van der Waals surface area contributed by atoms with E-state index in [0.717, 1.165) is 0 Å². The fraction of sp³-hybridized carbons (Fsp3) is 0.143. The standard InChI is InChI=1S/C7H7BrN2O/c1-4(11)7-6(8)5(9)2-3-10-7/h2-3H,1H3,(H2,9,10). The van der Waals surface area contributed by atoms with Gasteiger partial charge in [0.2, 0.25) is 0 Å². The fourth-order valence-electron chi connectivity index (χ4n) is 0.704. The third-order valence-corrected chi connectivity index (χ3v) is 2.09. The number of rotatable bonds is 1. The molecule has 1 heterocycles. The second-order valence-corrected chi connectivity index (χ2v) is 2.91. The molecule has 4 heteroatoms. The largest absolute Gasteiger partial charge is 0.398 e. The van der Waals surface area contributed by atoms with Crippen LogP contribution >= 0.6 is 15.9 Å². The number of halogens is 1. The number of ketones is 1. The van der Waals surface area contributed by atoms with Gasteiger partial charge in [0, 0.05) is 18.8 Å². The van der Waals surface area contributed by atoms with Gasteiger partial charge in [-0.05, 0) is 22.0 Å². The Labute approximate surface area is 72.7 Å². The van der Waals surface area contributed by atoms with Gasteiger partial charge in [0.25, 0.3) is 0 Å². The average Bonchev–Trinajstić information content (AvgIpc) is 1.94. The van der Waals surface area contributed by atoms with Gasteiger partial charge in [-0.1, -0.05) is 0 Å². The smallest absolute Gasteiger partial charge is 0.179 e. The predicted molar refractivity (Wildman–Crippen MR) is 46.4 cm³/mol. The summed E-state index contributed by atoms with van der Waals surface area (Å²) in [5.74, 6) is -0.0934. The van der Waals surface area contributed by atoms with Crippen molar-refractivity contribution in [2.45, 2.75) is 6.92 Å². The van der Waals surface area contributed by atoms with Crippen LogP contribution < -0.4 is 5.73 Å². The van der Waals surface area contributed by atoms with Crippen LogP contribution in [0.2, 0.25) is 0 Å². The van der Waals surface area contributed by atoms with Crippen molar-refractivity contribution in [2.24, 2.45) is 0 Å². The number of pyridine rings is 1. The van der Waals surface area contributed by atoms with Crippen LogP contribution in [0.1, 0.15) is 17.4 Å². The lowest BCUT2D eigenvalue weighted by Gasteiger charge is -2.00. The number of nitrogens with zero attached hydrogens (tertiary/aromatic N) is 1. The Morgan fingerprint density at radius 2 is 2.36 bits per heavy atom. The Balaban J connectivity index is 3.27. The molecular formula is C7H7BrN2O. The van der Waals surface area contributed by atoms with E-state index >= 15 is 0 Å². The first-order valence-electron chi connectivity index (χ1n) is 3.04. The molecule has 0 aliphatic carbocycles. The van der Waals surface area contributed by atoms with Crippen molar-refractivity contribution in [3.8, 4) is 0 Å². The van der Waals surface area contributed by atoms with Crippen molar-refractivity contribution in [2.75, 3.05) is 5.73 Å². The number of carbonyl (C=O) groups is 1. The Morgan fingerprint density at radius 3 is 2.82 bits per heavy atom. The molecule has 0 saturated heterocycles. The maximum atomic E-state index is 10.9. The molecule has 0 atom stereocenters. The third kappa shape index (κ3) is 1.57. The summed E-state index contributed by atoms with van der Waals surface area (Å²) < 4.78 is 0.576. The SMILES string of the molecule is CC(=O)c1nccc(N)c1Br. The molecule has 0 amide bonds. The van der Waals surface area contributed by atoms with Gasteiger partial charge in [0.05, 0.1) is 4.47 Å². The van der Waals surface area contributed by atoms with Gasteiger partial charge < -0.3 is 5.73 Å². The van der Waals surface area contributed by atoms with Crippen molar-refractivity contribution < 1.29 is 4.79 Å². The van der Waals surface area contributed by atoms with E-state index in [4.69, 9.17) is 5.73 Å².